The van der Waals surface area contributed by atoms with Crippen LogP contribution in [0.2, 0.25) is 0 Å². The second-order valence-corrected chi connectivity index (χ2v) is 5.39. The molecule has 2 aliphatic rings. The first-order chi connectivity index (χ1) is 6.79. The Hall–Kier alpha value is -0.570. The molecule has 1 spiro atoms. The van der Waals surface area contributed by atoms with E-state index < -0.39 is 0 Å². The molecule has 0 atom stereocenters. The van der Waals surface area contributed by atoms with Crippen molar-refractivity contribution in [2.45, 2.75) is 19.3 Å². The van der Waals surface area contributed by atoms with Crippen molar-refractivity contribution in [1.29, 1.82) is 0 Å². The first kappa shape index (κ1) is 8.72. The average Bonchev–Trinajstić information content (AvgIpc) is 2.03. The maximum absolute atomic E-state index is 4.08. The first-order valence-electron chi connectivity index (χ1n) is 5.14. The highest BCUT2D eigenvalue weighted by atomic mass is 79.9. The predicted octanol–water partition coefficient (Wildman–Crippen LogP) is 2.83. The number of anilines is 1. The average molecular weight is 253 g/mol. The number of hydrogen-bond acceptors (Lipinski definition) is 2. The molecule has 2 fully saturated rings. The molecule has 1 aromatic rings. The summed E-state index contributed by atoms with van der Waals surface area (Å²) in [5.41, 5.74) is 2.00. The normalized spacial score (nSPS) is 23.1. The van der Waals surface area contributed by atoms with E-state index >= 15 is 0 Å². The smallest absolute Gasteiger partial charge is 0.0592 e. The van der Waals surface area contributed by atoms with Gasteiger partial charge in [0.15, 0.2) is 0 Å². The van der Waals surface area contributed by atoms with Gasteiger partial charge in [0.1, 0.15) is 0 Å². The van der Waals surface area contributed by atoms with E-state index in [1.54, 1.807) is 0 Å². The largest absolute Gasteiger partial charge is 0.369 e. The fourth-order valence-corrected chi connectivity index (χ4v) is 3.05. The highest BCUT2D eigenvalue weighted by Crippen LogP contribution is 2.50. The zero-order chi connectivity index (χ0) is 9.60. The molecule has 1 aliphatic heterocycles. The Morgan fingerprint density at radius 3 is 2.71 bits per heavy atom. The van der Waals surface area contributed by atoms with Gasteiger partial charge in [-0.1, -0.05) is 6.42 Å². The Kier molecular flexibility index (Phi) is 1.84. The SMILES string of the molecule is Brc1cnccc1N1CC2(CCC2)C1. The molecule has 0 aromatic carbocycles. The van der Waals surface area contributed by atoms with Gasteiger partial charge in [-0.3, -0.25) is 4.98 Å². The predicted molar refractivity (Wildman–Crippen MR) is 60.4 cm³/mol. The number of halogens is 1. The fraction of sp³-hybridized carbons (Fsp3) is 0.545. The molecule has 0 bridgehead atoms. The van der Waals surface area contributed by atoms with Gasteiger partial charge >= 0.3 is 0 Å². The molecule has 14 heavy (non-hydrogen) atoms. The van der Waals surface area contributed by atoms with Crippen molar-refractivity contribution in [3.63, 3.8) is 0 Å². The molecular weight excluding hydrogens is 240 g/mol. The van der Waals surface area contributed by atoms with Crippen LogP contribution in [0.1, 0.15) is 19.3 Å². The topological polar surface area (TPSA) is 16.1 Å². The van der Waals surface area contributed by atoms with Crippen LogP contribution >= 0.6 is 15.9 Å². The van der Waals surface area contributed by atoms with Gasteiger partial charge in [-0.15, -0.1) is 0 Å². The maximum atomic E-state index is 4.08. The van der Waals surface area contributed by atoms with Crippen LogP contribution < -0.4 is 4.90 Å². The minimum atomic E-state index is 0.697. The summed E-state index contributed by atoms with van der Waals surface area (Å²) in [5.74, 6) is 0. The Morgan fingerprint density at radius 1 is 1.36 bits per heavy atom. The third-order valence-corrected chi connectivity index (χ3v) is 4.17. The van der Waals surface area contributed by atoms with Crippen LogP contribution in [0, 0.1) is 5.41 Å². The van der Waals surface area contributed by atoms with Crippen molar-refractivity contribution in [2.24, 2.45) is 5.41 Å². The molecule has 3 rings (SSSR count). The van der Waals surface area contributed by atoms with Crippen LogP contribution in [-0.2, 0) is 0 Å². The Morgan fingerprint density at radius 2 is 2.14 bits per heavy atom. The standard InChI is InChI=1S/C11H13BrN2/c12-9-6-13-5-2-10(9)14-7-11(8-14)3-1-4-11/h2,5-6H,1,3-4,7-8H2. The van der Waals surface area contributed by atoms with Gasteiger partial charge in [-0.2, -0.15) is 0 Å². The number of nitrogens with zero attached hydrogens (tertiary/aromatic N) is 2. The van der Waals surface area contributed by atoms with Crippen molar-refractivity contribution >= 4 is 21.6 Å². The summed E-state index contributed by atoms with van der Waals surface area (Å²) >= 11 is 3.54. The molecule has 74 valence electrons. The zero-order valence-corrected chi connectivity index (χ0v) is 9.63. The molecule has 1 saturated heterocycles. The summed E-state index contributed by atoms with van der Waals surface area (Å²) in [4.78, 5) is 6.53. The lowest BCUT2D eigenvalue weighted by Gasteiger charge is -2.57. The van der Waals surface area contributed by atoms with Crippen LogP contribution in [0.4, 0.5) is 5.69 Å². The molecule has 2 heterocycles. The van der Waals surface area contributed by atoms with E-state index in [0.717, 1.165) is 4.47 Å². The first-order valence-corrected chi connectivity index (χ1v) is 5.93. The van der Waals surface area contributed by atoms with E-state index in [2.05, 4.69) is 31.9 Å². The minimum Gasteiger partial charge on any atom is -0.369 e. The Bertz CT molecular complexity index is 352. The molecule has 0 amide bonds. The van der Waals surface area contributed by atoms with Crippen LogP contribution in [-0.4, -0.2) is 18.1 Å². The van der Waals surface area contributed by atoms with Crippen LogP contribution in [0.15, 0.2) is 22.9 Å². The third-order valence-electron chi connectivity index (χ3n) is 3.56. The summed E-state index contributed by atoms with van der Waals surface area (Å²) < 4.78 is 1.12. The van der Waals surface area contributed by atoms with Crippen molar-refractivity contribution < 1.29 is 0 Å². The number of rotatable bonds is 1. The van der Waals surface area contributed by atoms with Gasteiger partial charge in [-0.25, -0.2) is 0 Å². The van der Waals surface area contributed by atoms with Crippen molar-refractivity contribution in [1.82, 2.24) is 4.98 Å². The van der Waals surface area contributed by atoms with Gasteiger partial charge in [0.2, 0.25) is 0 Å². The van der Waals surface area contributed by atoms with E-state index in [1.807, 2.05) is 12.4 Å². The van der Waals surface area contributed by atoms with Gasteiger partial charge in [-0.05, 0) is 34.8 Å². The fourth-order valence-electron chi connectivity index (χ4n) is 2.55. The molecule has 1 aliphatic carbocycles. The van der Waals surface area contributed by atoms with Crippen molar-refractivity contribution in [3.05, 3.63) is 22.9 Å². The second kappa shape index (κ2) is 2.96. The highest BCUT2D eigenvalue weighted by molar-refractivity contribution is 9.10. The lowest BCUT2D eigenvalue weighted by atomic mass is 9.63. The van der Waals surface area contributed by atoms with Gasteiger partial charge in [0, 0.05) is 30.9 Å². The monoisotopic (exact) mass is 252 g/mol. The molecule has 2 nitrogen and oxygen atoms in total. The van der Waals surface area contributed by atoms with Crippen LogP contribution in [0.3, 0.4) is 0 Å². The highest BCUT2D eigenvalue weighted by Gasteiger charge is 2.47. The molecule has 1 aromatic heterocycles. The van der Waals surface area contributed by atoms with Crippen molar-refractivity contribution in [2.75, 3.05) is 18.0 Å². The zero-order valence-electron chi connectivity index (χ0n) is 8.04. The number of aromatic nitrogens is 1. The van der Waals surface area contributed by atoms with E-state index in [-0.39, 0.29) is 0 Å². The third kappa shape index (κ3) is 1.18. The van der Waals surface area contributed by atoms with Crippen molar-refractivity contribution in [3.8, 4) is 0 Å². The van der Waals surface area contributed by atoms with Gasteiger partial charge in [0.05, 0.1) is 10.2 Å². The van der Waals surface area contributed by atoms with Crippen LogP contribution in [0.5, 0.6) is 0 Å². The lowest BCUT2D eigenvalue weighted by Crippen LogP contribution is -2.59. The van der Waals surface area contributed by atoms with Gasteiger partial charge < -0.3 is 4.90 Å². The maximum Gasteiger partial charge on any atom is 0.0592 e. The van der Waals surface area contributed by atoms with E-state index in [9.17, 15) is 0 Å². The number of pyridine rings is 1. The van der Waals surface area contributed by atoms with E-state index in [1.165, 1.54) is 38.0 Å². The molecule has 0 radical (unpaired) electrons. The molecule has 0 N–H and O–H groups in total. The Labute approximate surface area is 92.5 Å². The number of hydrogen-bond donors (Lipinski definition) is 0. The van der Waals surface area contributed by atoms with E-state index in [4.69, 9.17) is 0 Å². The second-order valence-electron chi connectivity index (χ2n) is 4.54. The summed E-state index contributed by atoms with van der Waals surface area (Å²) in [6, 6.07) is 2.09. The molecular formula is C11H13BrN2. The minimum absolute atomic E-state index is 0.697. The summed E-state index contributed by atoms with van der Waals surface area (Å²) in [6.07, 6.45) is 8.05. The van der Waals surface area contributed by atoms with Gasteiger partial charge in [0.25, 0.3) is 0 Å². The van der Waals surface area contributed by atoms with Crippen LogP contribution in [0.25, 0.3) is 0 Å². The Balaban J connectivity index is 1.76. The summed E-state index contributed by atoms with van der Waals surface area (Å²) in [6.45, 7) is 2.49. The molecule has 1 saturated carbocycles. The molecule has 3 heteroatoms. The summed E-state index contributed by atoms with van der Waals surface area (Å²) in [7, 11) is 0. The summed E-state index contributed by atoms with van der Waals surface area (Å²) in [5, 5.41) is 0. The molecule has 0 unspecified atom stereocenters. The quantitative estimate of drug-likeness (QED) is 0.765. The lowest BCUT2D eigenvalue weighted by molar-refractivity contribution is 0.0903. The van der Waals surface area contributed by atoms with E-state index in [0.29, 0.717) is 5.41 Å².